The van der Waals surface area contributed by atoms with Crippen LogP contribution in [0.15, 0.2) is 48.8 Å². The number of benzene rings is 1. The third-order valence-electron chi connectivity index (χ3n) is 4.25. The molecule has 0 radical (unpaired) electrons. The van der Waals surface area contributed by atoms with Gasteiger partial charge < -0.3 is 10.4 Å². The Kier molecular flexibility index (Phi) is 5.37. The van der Waals surface area contributed by atoms with E-state index in [9.17, 15) is 9.90 Å². The van der Waals surface area contributed by atoms with Gasteiger partial charge in [-0.3, -0.25) is 9.78 Å². The van der Waals surface area contributed by atoms with Crippen molar-refractivity contribution in [2.75, 3.05) is 0 Å². The van der Waals surface area contributed by atoms with E-state index in [1.165, 1.54) is 6.20 Å². The molecule has 4 nitrogen and oxygen atoms in total. The lowest BCUT2D eigenvalue weighted by Crippen LogP contribution is -2.45. The fraction of sp³-hybridized carbons (Fsp3) is 0.300. The Bertz CT molecular complexity index is 813. The highest BCUT2D eigenvalue weighted by atomic mass is 35.5. The number of amides is 1. The van der Waals surface area contributed by atoms with E-state index < -0.39 is 5.60 Å². The number of pyridine rings is 1. The van der Waals surface area contributed by atoms with Crippen molar-refractivity contribution in [2.45, 2.75) is 37.3 Å². The summed E-state index contributed by atoms with van der Waals surface area (Å²) in [6.45, 7) is 0. The minimum Gasteiger partial charge on any atom is -0.378 e. The molecule has 128 valence electrons. The summed E-state index contributed by atoms with van der Waals surface area (Å²) in [5, 5.41) is 14.4. The Morgan fingerprint density at radius 3 is 3.00 bits per heavy atom. The van der Waals surface area contributed by atoms with Crippen LogP contribution in [-0.4, -0.2) is 27.6 Å². The average Bonchev–Trinajstić information content (AvgIpc) is 2.61. The normalized spacial score (nSPS) is 22.6. The maximum absolute atomic E-state index is 12.3. The number of halogens is 1. The predicted octanol–water partition coefficient (Wildman–Crippen LogP) is 3.19. The molecule has 0 spiro atoms. The summed E-state index contributed by atoms with van der Waals surface area (Å²) in [6, 6.07) is 10.6. The number of rotatable bonds is 2. The van der Waals surface area contributed by atoms with Gasteiger partial charge in [0, 0.05) is 35.4 Å². The number of nitrogens with zero attached hydrogens (tertiary/aromatic N) is 1. The molecule has 2 aromatic rings. The van der Waals surface area contributed by atoms with Crippen molar-refractivity contribution in [3.63, 3.8) is 0 Å². The van der Waals surface area contributed by atoms with E-state index in [-0.39, 0.29) is 11.9 Å². The highest BCUT2D eigenvalue weighted by Gasteiger charge is 2.33. The van der Waals surface area contributed by atoms with Crippen LogP contribution in [0.4, 0.5) is 0 Å². The SMILES string of the molecule is O=C(N[C@H]1CCC[C@@](O)(C#Cc2cccc(Cl)c2)C1)c1cccnc1. The second-order valence-corrected chi connectivity index (χ2v) is 6.74. The first kappa shape index (κ1) is 17.5. The van der Waals surface area contributed by atoms with Crippen LogP contribution in [0.1, 0.15) is 41.6 Å². The van der Waals surface area contributed by atoms with Gasteiger partial charge in [-0.1, -0.05) is 29.5 Å². The molecule has 1 aromatic carbocycles. The Labute approximate surface area is 152 Å². The molecule has 1 amide bonds. The summed E-state index contributed by atoms with van der Waals surface area (Å²) in [5.74, 6) is 5.79. The molecule has 1 aliphatic carbocycles. The topological polar surface area (TPSA) is 62.2 Å². The zero-order chi connectivity index (χ0) is 17.7. The number of aromatic nitrogens is 1. The molecule has 1 aliphatic rings. The molecule has 0 unspecified atom stereocenters. The quantitative estimate of drug-likeness (QED) is 0.814. The van der Waals surface area contributed by atoms with Gasteiger partial charge in [0.15, 0.2) is 0 Å². The fourth-order valence-electron chi connectivity index (χ4n) is 3.01. The summed E-state index contributed by atoms with van der Waals surface area (Å²) in [6.07, 6.45) is 5.79. The molecule has 3 rings (SSSR count). The van der Waals surface area contributed by atoms with Crippen LogP contribution in [0.2, 0.25) is 5.02 Å². The van der Waals surface area contributed by atoms with Crippen LogP contribution in [0.25, 0.3) is 0 Å². The van der Waals surface area contributed by atoms with Crippen molar-refractivity contribution in [3.8, 4) is 11.8 Å². The maximum atomic E-state index is 12.3. The zero-order valence-corrected chi connectivity index (χ0v) is 14.5. The molecule has 5 heteroatoms. The predicted molar refractivity (Wildman–Crippen MR) is 97.2 cm³/mol. The average molecular weight is 355 g/mol. The summed E-state index contributed by atoms with van der Waals surface area (Å²) < 4.78 is 0. The van der Waals surface area contributed by atoms with Gasteiger partial charge in [-0.25, -0.2) is 0 Å². The van der Waals surface area contributed by atoms with E-state index in [1.807, 2.05) is 12.1 Å². The van der Waals surface area contributed by atoms with Crippen LogP contribution in [0.3, 0.4) is 0 Å². The Hall–Kier alpha value is -2.35. The molecule has 1 aromatic heterocycles. The highest BCUT2D eigenvalue weighted by Crippen LogP contribution is 2.28. The largest absolute Gasteiger partial charge is 0.378 e. The molecular formula is C20H19ClN2O2. The Morgan fingerprint density at radius 2 is 2.24 bits per heavy atom. The lowest BCUT2D eigenvalue weighted by Gasteiger charge is -2.33. The summed E-state index contributed by atoms with van der Waals surface area (Å²) in [4.78, 5) is 16.2. The van der Waals surface area contributed by atoms with Gasteiger partial charge >= 0.3 is 0 Å². The summed E-state index contributed by atoms with van der Waals surface area (Å²) in [5.41, 5.74) is 0.178. The second-order valence-electron chi connectivity index (χ2n) is 6.30. The van der Waals surface area contributed by atoms with Gasteiger partial charge in [-0.15, -0.1) is 0 Å². The second kappa shape index (κ2) is 7.69. The molecule has 2 N–H and O–H groups in total. The van der Waals surface area contributed by atoms with Crippen molar-refractivity contribution < 1.29 is 9.90 Å². The van der Waals surface area contributed by atoms with E-state index in [1.54, 1.807) is 30.5 Å². The van der Waals surface area contributed by atoms with Gasteiger partial charge in [-0.2, -0.15) is 0 Å². The lowest BCUT2D eigenvalue weighted by molar-refractivity contribution is 0.0452. The van der Waals surface area contributed by atoms with E-state index >= 15 is 0 Å². The third-order valence-corrected chi connectivity index (χ3v) is 4.49. The highest BCUT2D eigenvalue weighted by molar-refractivity contribution is 6.30. The van der Waals surface area contributed by atoms with Gasteiger partial charge in [0.2, 0.25) is 0 Å². The molecule has 1 heterocycles. The molecule has 1 fully saturated rings. The monoisotopic (exact) mass is 354 g/mol. The lowest BCUT2D eigenvalue weighted by atomic mass is 9.82. The number of nitrogens with one attached hydrogen (secondary N) is 1. The molecule has 0 saturated heterocycles. The number of carbonyl (C=O) groups is 1. The van der Waals surface area contributed by atoms with Crippen molar-refractivity contribution in [2.24, 2.45) is 0 Å². The van der Waals surface area contributed by atoms with Crippen molar-refractivity contribution >= 4 is 17.5 Å². The Balaban J connectivity index is 1.67. The number of hydrogen-bond acceptors (Lipinski definition) is 3. The van der Waals surface area contributed by atoms with Crippen LogP contribution in [0, 0.1) is 11.8 Å². The third kappa shape index (κ3) is 4.82. The van der Waals surface area contributed by atoms with Crippen molar-refractivity contribution in [1.82, 2.24) is 10.3 Å². The van der Waals surface area contributed by atoms with Gasteiger partial charge in [-0.05, 0) is 49.6 Å². The minimum atomic E-state index is -1.10. The van der Waals surface area contributed by atoms with E-state index in [0.717, 1.165) is 18.4 Å². The van der Waals surface area contributed by atoms with Gasteiger partial charge in [0.25, 0.3) is 5.91 Å². The van der Waals surface area contributed by atoms with E-state index in [0.29, 0.717) is 23.4 Å². The number of aliphatic hydroxyl groups is 1. The maximum Gasteiger partial charge on any atom is 0.253 e. The first-order chi connectivity index (χ1) is 12.0. The van der Waals surface area contributed by atoms with Crippen molar-refractivity contribution in [1.29, 1.82) is 0 Å². The molecule has 0 bridgehead atoms. The van der Waals surface area contributed by atoms with Crippen LogP contribution < -0.4 is 5.32 Å². The number of hydrogen-bond donors (Lipinski definition) is 2. The van der Waals surface area contributed by atoms with Crippen LogP contribution in [-0.2, 0) is 0 Å². The summed E-state index contributed by atoms with van der Waals surface area (Å²) >= 11 is 5.96. The van der Waals surface area contributed by atoms with E-state index in [2.05, 4.69) is 22.1 Å². The standard InChI is InChI=1S/C20H19ClN2O2/c21-17-6-1-4-15(12-17)8-10-20(25)9-2-7-18(13-20)23-19(24)16-5-3-11-22-14-16/h1,3-6,11-12,14,18,25H,2,7,9,13H2,(H,23,24)/t18-,20+/m0/s1. The number of carbonyl (C=O) groups excluding carboxylic acids is 1. The molecule has 1 saturated carbocycles. The van der Waals surface area contributed by atoms with Crippen molar-refractivity contribution in [3.05, 3.63) is 64.9 Å². The molecule has 2 atom stereocenters. The first-order valence-corrected chi connectivity index (χ1v) is 8.64. The van der Waals surface area contributed by atoms with E-state index in [4.69, 9.17) is 11.6 Å². The smallest absolute Gasteiger partial charge is 0.253 e. The zero-order valence-electron chi connectivity index (χ0n) is 13.7. The van der Waals surface area contributed by atoms with Gasteiger partial charge in [0.1, 0.15) is 5.60 Å². The van der Waals surface area contributed by atoms with Gasteiger partial charge in [0.05, 0.1) is 5.56 Å². The molecule has 25 heavy (non-hydrogen) atoms. The Morgan fingerprint density at radius 1 is 1.36 bits per heavy atom. The molecular weight excluding hydrogens is 336 g/mol. The fourth-order valence-corrected chi connectivity index (χ4v) is 3.20. The van der Waals surface area contributed by atoms with Crippen LogP contribution >= 0.6 is 11.6 Å². The minimum absolute atomic E-state index is 0.111. The molecule has 0 aliphatic heterocycles. The van der Waals surface area contributed by atoms with Crippen LogP contribution in [0.5, 0.6) is 0 Å². The summed E-state index contributed by atoms with van der Waals surface area (Å²) in [7, 11) is 0. The first-order valence-electron chi connectivity index (χ1n) is 8.26.